The standard InChI is InChI=1S/C15H21ClN4O2S/c1-5-14-18-19-15(23)20(14)17-8-10-6-12(21-4)13(7-11(10)16)22-9(2)3/h6-7,9,17H,5,8H2,1-4H3,(H,19,23). The molecular weight excluding hydrogens is 336 g/mol. The molecule has 1 aromatic carbocycles. The van der Waals surface area contributed by atoms with Crippen LogP contribution in [0.3, 0.4) is 0 Å². The Bertz CT molecular complexity index is 727. The number of aromatic amines is 1. The Hall–Kier alpha value is -1.73. The minimum absolute atomic E-state index is 0.0420. The van der Waals surface area contributed by atoms with Crippen LogP contribution in [-0.4, -0.2) is 28.1 Å². The van der Waals surface area contributed by atoms with Crippen molar-refractivity contribution < 1.29 is 9.47 Å². The van der Waals surface area contributed by atoms with Gasteiger partial charge in [0, 0.05) is 17.5 Å². The van der Waals surface area contributed by atoms with Crippen molar-refractivity contribution in [2.24, 2.45) is 0 Å². The maximum Gasteiger partial charge on any atom is 0.214 e. The molecule has 0 saturated carbocycles. The van der Waals surface area contributed by atoms with Crippen molar-refractivity contribution in [2.45, 2.75) is 39.8 Å². The molecule has 0 aliphatic rings. The minimum Gasteiger partial charge on any atom is -0.493 e. The second kappa shape index (κ2) is 7.70. The lowest BCUT2D eigenvalue weighted by Gasteiger charge is -2.16. The molecule has 0 radical (unpaired) electrons. The van der Waals surface area contributed by atoms with E-state index >= 15 is 0 Å². The fourth-order valence-corrected chi connectivity index (χ4v) is 2.55. The van der Waals surface area contributed by atoms with Gasteiger partial charge in [0.15, 0.2) is 17.3 Å². The summed E-state index contributed by atoms with van der Waals surface area (Å²) >= 11 is 11.6. The molecule has 0 bridgehead atoms. The lowest BCUT2D eigenvalue weighted by atomic mass is 10.2. The molecule has 1 aromatic heterocycles. The van der Waals surface area contributed by atoms with Crippen LogP contribution in [-0.2, 0) is 13.0 Å². The monoisotopic (exact) mass is 356 g/mol. The van der Waals surface area contributed by atoms with E-state index in [1.54, 1.807) is 17.9 Å². The fraction of sp³-hybridized carbons (Fsp3) is 0.467. The van der Waals surface area contributed by atoms with Crippen LogP contribution in [0.4, 0.5) is 0 Å². The molecule has 0 aliphatic carbocycles. The number of nitrogens with one attached hydrogen (secondary N) is 2. The number of ether oxygens (including phenoxy) is 2. The number of aryl methyl sites for hydroxylation is 1. The van der Waals surface area contributed by atoms with Crippen LogP contribution in [0.15, 0.2) is 12.1 Å². The molecule has 0 spiro atoms. The number of halogens is 1. The lowest BCUT2D eigenvalue weighted by molar-refractivity contribution is 0.230. The zero-order chi connectivity index (χ0) is 17.0. The van der Waals surface area contributed by atoms with Gasteiger partial charge in [-0.3, -0.25) is 5.10 Å². The lowest BCUT2D eigenvalue weighted by Crippen LogP contribution is -2.17. The third-order valence-electron chi connectivity index (χ3n) is 3.18. The van der Waals surface area contributed by atoms with Crippen LogP contribution in [0, 0.1) is 4.77 Å². The van der Waals surface area contributed by atoms with Crippen LogP contribution < -0.4 is 14.9 Å². The predicted molar refractivity (Wildman–Crippen MR) is 93.6 cm³/mol. The second-order valence-corrected chi connectivity index (χ2v) is 6.02. The maximum absolute atomic E-state index is 6.36. The molecule has 8 heteroatoms. The maximum atomic E-state index is 6.36. The van der Waals surface area contributed by atoms with Gasteiger partial charge in [-0.05, 0) is 37.7 Å². The molecule has 2 N–H and O–H groups in total. The Morgan fingerprint density at radius 2 is 2.13 bits per heavy atom. The third kappa shape index (κ3) is 4.17. The second-order valence-electron chi connectivity index (χ2n) is 5.23. The van der Waals surface area contributed by atoms with Gasteiger partial charge in [-0.25, -0.2) is 4.68 Å². The number of methoxy groups -OCH3 is 1. The van der Waals surface area contributed by atoms with Gasteiger partial charge in [0.25, 0.3) is 0 Å². The highest BCUT2D eigenvalue weighted by Crippen LogP contribution is 2.34. The first-order valence-corrected chi connectivity index (χ1v) is 8.18. The largest absolute Gasteiger partial charge is 0.493 e. The molecule has 0 amide bonds. The number of hydrogen-bond donors (Lipinski definition) is 2. The Labute approximate surface area is 145 Å². The van der Waals surface area contributed by atoms with Gasteiger partial charge >= 0.3 is 0 Å². The van der Waals surface area contributed by atoms with E-state index in [1.165, 1.54) is 0 Å². The number of H-pyrrole nitrogens is 1. The summed E-state index contributed by atoms with van der Waals surface area (Å²) in [4.78, 5) is 0. The van der Waals surface area contributed by atoms with E-state index < -0.39 is 0 Å². The van der Waals surface area contributed by atoms with E-state index in [2.05, 4.69) is 15.6 Å². The summed E-state index contributed by atoms with van der Waals surface area (Å²) < 4.78 is 13.4. The molecule has 0 aliphatic heterocycles. The predicted octanol–water partition coefficient (Wildman–Crippen LogP) is 3.70. The fourth-order valence-electron chi connectivity index (χ4n) is 2.11. The topological polar surface area (TPSA) is 64.1 Å². The highest BCUT2D eigenvalue weighted by Gasteiger charge is 2.12. The van der Waals surface area contributed by atoms with E-state index in [-0.39, 0.29) is 6.10 Å². The summed E-state index contributed by atoms with van der Waals surface area (Å²) in [7, 11) is 1.61. The van der Waals surface area contributed by atoms with Gasteiger partial charge in [-0.2, -0.15) is 5.10 Å². The number of benzene rings is 1. The molecular formula is C15H21ClN4O2S. The molecule has 126 valence electrons. The van der Waals surface area contributed by atoms with Crippen LogP contribution >= 0.6 is 23.8 Å². The Balaban J connectivity index is 2.23. The molecule has 23 heavy (non-hydrogen) atoms. The van der Waals surface area contributed by atoms with Gasteiger partial charge in [0.05, 0.1) is 19.8 Å². The Morgan fingerprint density at radius 3 is 2.74 bits per heavy atom. The van der Waals surface area contributed by atoms with Gasteiger partial charge in [-0.1, -0.05) is 18.5 Å². The van der Waals surface area contributed by atoms with Crippen molar-refractivity contribution in [3.05, 3.63) is 33.3 Å². The Morgan fingerprint density at radius 1 is 1.39 bits per heavy atom. The molecule has 2 rings (SSSR count). The smallest absolute Gasteiger partial charge is 0.214 e. The molecule has 0 fully saturated rings. The molecule has 6 nitrogen and oxygen atoms in total. The zero-order valence-corrected chi connectivity index (χ0v) is 15.2. The van der Waals surface area contributed by atoms with Crippen LogP contribution in [0.25, 0.3) is 0 Å². The van der Waals surface area contributed by atoms with Crippen molar-refractivity contribution in [2.75, 3.05) is 12.5 Å². The van der Waals surface area contributed by atoms with Gasteiger partial charge in [0.1, 0.15) is 0 Å². The van der Waals surface area contributed by atoms with Crippen molar-refractivity contribution in [1.29, 1.82) is 0 Å². The minimum atomic E-state index is 0.0420. The Kier molecular flexibility index (Phi) is 5.90. The number of nitrogens with zero attached hydrogens (tertiary/aromatic N) is 2. The molecule has 0 saturated heterocycles. The quantitative estimate of drug-likeness (QED) is 0.740. The molecule has 0 atom stereocenters. The van der Waals surface area contributed by atoms with Gasteiger partial charge in [-0.15, -0.1) is 0 Å². The highest BCUT2D eigenvalue weighted by molar-refractivity contribution is 7.71. The zero-order valence-electron chi connectivity index (χ0n) is 13.6. The number of aromatic nitrogens is 3. The molecule has 1 heterocycles. The average Bonchev–Trinajstić information content (AvgIpc) is 2.86. The van der Waals surface area contributed by atoms with E-state index in [0.717, 1.165) is 17.8 Å². The SMILES string of the molecule is CCc1n[nH]c(=S)n1NCc1cc(OC)c(OC(C)C)cc1Cl. The van der Waals surface area contributed by atoms with Crippen LogP contribution in [0.2, 0.25) is 5.02 Å². The van der Waals surface area contributed by atoms with Crippen molar-refractivity contribution >= 4 is 23.8 Å². The summed E-state index contributed by atoms with van der Waals surface area (Å²) in [6.45, 7) is 6.40. The van der Waals surface area contributed by atoms with Crippen molar-refractivity contribution in [3.8, 4) is 11.5 Å². The van der Waals surface area contributed by atoms with E-state index in [9.17, 15) is 0 Å². The number of rotatable bonds is 7. The first-order chi connectivity index (χ1) is 11.0. The molecule has 2 aromatic rings. The van der Waals surface area contributed by atoms with Gasteiger partial charge in [0.2, 0.25) is 4.77 Å². The van der Waals surface area contributed by atoms with Crippen LogP contribution in [0.5, 0.6) is 11.5 Å². The van der Waals surface area contributed by atoms with Crippen molar-refractivity contribution in [3.63, 3.8) is 0 Å². The normalized spacial score (nSPS) is 10.9. The average molecular weight is 357 g/mol. The van der Waals surface area contributed by atoms with E-state index in [1.807, 2.05) is 26.8 Å². The third-order valence-corrected chi connectivity index (χ3v) is 3.81. The van der Waals surface area contributed by atoms with Crippen LogP contribution in [0.1, 0.15) is 32.2 Å². The number of hydrogen-bond acceptors (Lipinski definition) is 5. The van der Waals surface area contributed by atoms with Gasteiger partial charge < -0.3 is 14.9 Å². The first kappa shape index (κ1) is 17.6. The summed E-state index contributed by atoms with van der Waals surface area (Å²) in [5, 5.41) is 7.52. The van der Waals surface area contributed by atoms with E-state index in [0.29, 0.717) is 27.8 Å². The summed E-state index contributed by atoms with van der Waals surface area (Å²) in [6, 6.07) is 3.63. The summed E-state index contributed by atoms with van der Waals surface area (Å²) in [5.41, 5.74) is 4.10. The first-order valence-electron chi connectivity index (χ1n) is 7.39. The molecule has 0 unspecified atom stereocenters. The summed E-state index contributed by atoms with van der Waals surface area (Å²) in [6.07, 6.45) is 0.804. The van der Waals surface area contributed by atoms with Crippen molar-refractivity contribution in [1.82, 2.24) is 14.9 Å². The highest BCUT2D eigenvalue weighted by atomic mass is 35.5. The van der Waals surface area contributed by atoms with E-state index in [4.69, 9.17) is 33.3 Å². The summed E-state index contributed by atoms with van der Waals surface area (Å²) in [5.74, 6) is 2.11.